The van der Waals surface area contributed by atoms with Crippen LogP contribution in [0.15, 0.2) is 0 Å². The number of hydrogen-bond acceptors (Lipinski definition) is 3. The Labute approximate surface area is 98.2 Å². The van der Waals surface area contributed by atoms with Crippen molar-refractivity contribution in [3.8, 4) is 0 Å². The van der Waals surface area contributed by atoms with Gasteiger partial charge in [-0.05, 0) is 19.8 Å². The van der Waals surface area contributed by atoms with E-state index in [9.17, 15) is 13.5 Å². The monoisotopic (exact) mass is 250 g/mol. The minimum Gasteiger partial charge on any atom is -0.389 e. The summed E-state index contributed by atoms with van der Waals surface area (Å²) in [6.07, 6.45) is 1.38. The van der Waals surface area contributed by atoms with Crippen LogP contribution in [-0.2, 0) is 10.2 Å². The Hall–Kier alpha value is -0.170. The lowest BCUT2D eigenvalue weighted by Crippen LogP contribution is -2.53. The summed E-state index contributed by atoms with van der Waals surface area (Å²) >= 11 is 0. The summed E-state index contributed by atoms with van der Waals surface area (Å²) in [5.41, 5.74) is -0.890. The smallest absolute Gasteiger partial charge is 0.282 e. The van der Waals surface area contributed by atoms with Crippen LogP contribution in [0.1, 0.15) is 33.6 Å². The first kappa shape index (κ1) is 13.9. The van der Waals surface area contributed by atoms with Crippen molar-refractivity contribution in [3.05, 3.63) is 0 Å². The van der Waals surface area contributed by atoms with Gasteiger partial charge in [-0.2, -0.15) is 17.0 Å². The molecule has 0 aromatic carbocycles. The summed E-state index contributed by atoms with van der Waals surface area (Å²) in [6, 6.07) is 0. The molecule has 1 atom stereocenters. The van der Waals surface area contributed by atoms with E-state index in [1.165, 1.54) is 8.61 Å². The summed E-state index contributed by atoms with van der Waals surface area (Å²) in [6.45, 7) is 6.99. The molecule has 6 heteroatoms. The van der Waals surface area contributed by atoms with Crippen LogP contribution in [0.4, 0.5) is 0 Å². The van der Waals surface area contributed by atoms with Gasteiger partial charge < -0.3 is 5.11 Å². The molecule has 1 N–H and O–H groups in total. The highest BCUT2D eigenvalue weighted by Gasteiger charge is 2.36. The van der Waals surface area contributed by atoms with Crippen LogP contribution in [0, 0.1) is 0 Å². The van der Waals surface area contributed by atoms with Gasteiger partial charge in [0.25, 0.3) is 10.2 Å². The largest absolute Gasteiger partial charge is 0.389 e. The third-order valence-corrected chi connectivity index (χ3v) is 5.13. The zero-order valence-corrected chi connectivity index (χ0v) is 11.1. The van der Waals surface area contributed by atoms with Gasteiger partial charge in [-0.25, -0.2) is 0 Å². The fraction of sp³-hybridized carbons (Fsp3) is 1.00. The summed E-state index contributed by atoms with van der Waals surface area (Å²) in [5, 5.41) is 9.91. The van der Waals surface area contributed by atoms with Gasteiger partial charge in [0.15, 0.2) is 0 Å². The first-order valence-corrected chi connectivity index (χ1v) is 7.21. The van der Waals surface area contributed by atoms with Crippen LogP contribution in [0.5, 0.6) is 0 Å². The lowest BCUT2D eigenvalue weighted by molar-refractivity contribution is 0.00785. The molecular formula is C10H22N2O3S. The number of rotatable bonds is 4. The highest BCUT2D eigenvalue weighted by atomic mass is 32.2. The molecule has 1 saturated heterocycles. The molecule has 0 amide bonds. The number of hydrogen-bond donors (Lipinski definition) is 1. The molecule has 1 rings (SSSR count). The predicted octanol–water partition coefficient (Wildman–Crippen LogP) is 0.420. The summed E-state index contributed by atoms with van der Waals surface area (Å²) in [7, 11) is -3.39. The van der Waals surface area contributed by atoms with Crippen LogP contribution in [0.2, 0.25) is 0 Å². The Morgan fingerprint density at radius 3 is 2.38 bits per heavy atom. The zero-order chi connectivity index (χ0) is 12.4. The number of aliphatic hydroxyl groups is 1. The van der Waals surface area contributed by atoms with Gasteiger partial charge in [0.05, 0.1) is 5.60 Å². The van der Waals surface area contributed by atoms with E-state index in [1.54, 1.807) is 6.92 Å². The molecule has 0 aliphatic carbocycles. The minimum atomic E-state index is -3.39. The standard InChI is InChI=1S/C10H22N2O3S/c1-4-11(5-2)16(14,15)12-8-6-7-10(3,13)9-12/h13H,4-9H2,1-3H3. The van der Waals surface area contributed by atoms with Crippen molar-refractivity contribution in [3.63, 3.8) is 0 Å². The van der Waals surface area contributed by atoms with Crippen LogP contribution >= 0.6 is 0 Å². The van der Waals surface area contributed by atoms with E-state index < -0.39 is 15.8 Å². The van der Waals surface area contributed by atoms with Gasteiger partial charge in [0, 0.05) is 26.2 Å². The fourth-order valence-electron chi connectivity index (χ4n) is 2.08. The van der Waals surface area contributed by atoms with E-state index in [0.717, 1.165) is 0 Å². The molecule has 0 spiro atoms. The summed E-state index contributed by atoms with van der Waals surface area (Å²) < 4.78 is 27.2. The first-order valence-electron chi connectivity index (χ1n) is 5.81. The van der Waals surface area contributed by atoms with E-state index in [4.69, 9.17) is 0 Å². The quantitative estimate of drug-likeness (QED) is 0.786. The summed E-state index contributed by atoms with van der Waals surface area (Å²) in [5.74, 6) is 0. The Morgan fingerprint density at radius 1 is 1.38 bits per heavy atom. The number of nitrogens with zero attached hydrogens (tertiary/aromatic N) is 2. The van der Waals surface area contributed by atoms with Gasteiger partial charge in [-0.1, -0.05) is 13.8 Å². The minimum absolute atomic E-state index is 0.200. The van der Waals surface area contributed by atoms with Crippen molar-refractivity contribution in [1.29, 1.82) is 0 Å². The van der Waals surface area contributed by atoms with Gasteiger partial charge in [0.2, 0.25) is 0 Å². The normalized spacial score (nSPS) is 28.6. The maximum atomic E-state index is 12.2. The molecule has 96 valence electrons. The van der Waals surface area contributed by atoms with Gasteiger partial charge in [0.1, 0.15) is 0 Å². The molecule has 0 bridgehead atoms. The molecule has 16 heavy (non-hydrogen) atoms. The van der Waals surface area contributed by atoms with E-state index in [2.05, 4.69) is 0 Å². The second kappa shape index (κ2) is 5.00. The van der Waals surface area contributed by atoms with Crippen molar-refractivity contribution in [2.45, 2.75) is 39.2 Å². The van der Waals surface area contributed by atoms with E-state index in [1.807, 2.05) is 13.8 Å². The molecule has 1 fully saturated rings. The fourth-order valence-corrected chi connectivity index (χ4v) is 3.86. The Balaban J connectivity index is 2.83. The van der Waals surface area contributed by atoms with Crippen molar-refractivity contribution in [2.24, 2.45) is 0 Å². The molecule has 1 aliphatic rings. The highest BCUT2D eigenvalue weighted by Crippen LogP contribution is 2.23. The van der Waals surface area contributed by atoms with Crippen LogP contribution in [0.25, 0.3) is 0 Å². The molecule has 0 saturated carbocycles. The average molecular weight is 250 g/mol. The number of β-amino-alcohol motifs (C(OH)–C–C–N with tert-alkyl or cyclic N) is 1. The highest BCUT2D eigenvalue weighted by molar-refractivity contribution is 7.86. The van der Waals surface area contributed by atoms with Crippen LogP contribution in [-0.4, -0.2) is 53.9 Å². The third-order valence-electron chi connectivity index (χ3n) is 3.00. The van der Waals surface area contributed by atoms with Crippen LogP contribution in [0.3, 0.4) is 0 Å². The maximum Gasteiger partial charge on any atom is 0.282 e. The average Bonchev–Trinajstić information content (AvgIpc) is 2.17. The molecule has 1 unspecified atom stereocenters. The molecule has 0 aromatic heterocycles. The van der Waals surface area contributed by atoms with Crippen molar-refractivity contribution in [2.75, 3.05) is 26.2 Å². The lowest BCUT2D eigenvalue weighted by atomic mass is 9.97. The first-order chi connectivity index (χ1) is 7.33. The molecule has 0 aromatic rings. The van der Waals surface area contributed by atoms with Gasteiger partial charge in [-0.15, -0.1) is 0 Å². The maximum absolute atomic E-state index is 12.2. The summed E-state index contributed by atoms with van der Waals surface area (Å²) in [4.78, 5) is 0. The van der Waals surface area contributed by atoms with E-state index >= 15 is 0 Å². The SMILES string of the molecule is CCN(CC)S(=O)(=O)N1CCCC(C)(O)C1. The van der Waals surface area contributed by atoms with Gasteiger partial charge in [-0.3, -0.25) is 0 Å². The Morgan fingerprint density at radius 2 is 1.94 bits per heavy atom. The lowest BCUT2D eigenvalue weighted by Gasteiger charge is -2.38. The molecular weight excluding hydrogens is 228 g/mol. The molecule has 1 heterocycles. The Bertz CT molecular complexity index is 323. The molecule has 1 aliphatic heterocycles. The van der Waals surface area contributed by atoms with Crippen molar-refractivity contribution >= 4 is 10.2 Å². The predicted molar refractivity (Wildman–Crippen MR) is 63.3 cm³/mol. The van der Waals surface area contributed by atoms with Crippen molar-refractivity contribution in [1.82, 2.24) is 8.61 Å². The molecule has 0 radical (unpaired) electrons. The second-order valence-electron chi connectivity index (χ2n) is 4.53. The zero-order valence-electron chi connectivity index (χ0n) is 10.3. The van der Waals surface area contributed by atoms with Crippen LogP contribution < -0.4 is 0 Å². The van der Waals surface area contributed by atoms with Gasteiger partial charge >= 0.3 is 0 Å². The third kappa shape index (κ3) is 2.94. The van der Waals surface area contributed by atoms with Crippen molar-refractivity contribution < 1.29 is 13.5 Å². The topological polar surface area (TPSA) is 60.9 Å². The second-order valence-corrected chi connectivity index (χ2v) is 6.45. The van der Waals surface area contributed by atoms with E-state index in [0.29, 0.717) is 32.5 Å². The number of piperidine rings is 1. The molecule has 5 nitrogen and oxygen atoms in total. The van der Waals surface area contributed by atoms with E-state index in [-0.39, 0.29) is 6.54 Å². The Kier molecular flexibility index (Phi) is 4.34.